The SMILES string of the molecule is CCOc1cc(C=C2SC(=Nc3ccc(OC)cc3)N(CCc3c[nH]c4ccccc34)C2=O)ccc1OCc1ccc(C(=O)O)o1. The van der Waals surface area contributed by atoms with Crippen LogP contribution in [0, 0.1) is 0 Å². The molecule has 46 heavy (non-hydrogen) atoms. The number of carboxylic acids is 1. The van der Waals surface area contributed by atoms with Gasteiger partial charge in [-0.3, -0.25) is 9.69 Å². The highest BCUT2D eigenvalue weighted by atomic mass is 32.2. The molecule has 0 saturated carbocycles. The number of carbonyl (C=O) groups is 2. The lowest BCUT2D eigenvalue weighted by Gasteiger charge is -2.15. The molecule has 0 unspecified atom stereocenters. The molecule has 10 nitrogen and oxygen atoms in total. The minimum absolute atomic E-state index is 0.0265. The van der Waals surface area contributed by atoms with Crippen molar-refractivity contribution in [2.24, 2.45) is 4.99 Å². The lowest BCUT2D eigenvalue weighted by molar-refractivity contribution is -0.122. The van der Waals surface area contributed by atoms with Crippen LogP contribution in [-0.2, 0) is 17.8 Å². The normalized spacial score (nSPS) is 14.8. The number of hydrogen-bond acceptors (Lipinski definition) is 8. The van der Waals surface area contributed by atoms with Crippen molar-refractivity contribution in [2.45, 2.75) is 20.0 Å². The molecule has 0 radical (unpaired) electrons. The van der Waals surface area contributed by atoms with Crippen molar-refractivity contribution in [3.63, 3.8) is 0 Å². The van der Waals surface area contributed by atoms with Crippen LogP contribution in [0.15, 0.2) is 99.4 Å². The van der Waals surface area contributed by atoms with Gasteiger partial charge in [0, 0.05) is 23.6 Å². The summed E-state index contributed by atoms with van der Waals surface area (Å²) in [5, 5.41) is 10.8. The molecule has 234 valence electrons. The zero-order valence-electron chi connectivity index (χ0n) is 25.2. The summed E-state index contributed by atoms with van der Waals surface area (Å²) in [5.41, 5.74) is 3.64. The Kier molecular flexibility index (Phi) is 9.11. The number of carbonyl (C=O) groups excluding carboxylic acids is 1. The molecule has 5 aromatic rings. The predicted octanol–water partition coefficient (Wildman–Crippen LogP) is 7.29. The maximum Gasteiger partial charge on any atom is 0.371 e. The third-order valence-corrected chi connectivity index (χ3v) is 8.28. The van der Waals surface area contributed by atoms with E-state index in [-0.39, 0.29) is 18.3 Å². The number of para-hydroxylation sites is 1. The van der Waals surface area contributed by atoms with Crippen LogP contribution in [0.3, 0.4) is 0 Å². The molecule has 2 aromatic heterocycles. The fraction of sp³-hybridized carbons (Fsp3) is 0.171. The van der Waals surface area contributed by atoms with Gasteiger partial charge >= 0.3 is 5.97 Å². The van der Waals surface area contributed by atoms with E-state index in [9.17, 15) is 9.59 Å². The Balaban J connectivity index is 1.25. The summed E-state index contributed by atoms with van der Waals surface area (Å²) in [7, 11) is 1.61. The van der Waals surface area contributed by atoms with Gasteiger partial charge in [-0.05, 0) is 96.9 Å². The van der Waals surface area contributed by atoms with E-state index in [0.717, 1.165) is 27.8 Å². The maximum atomic E-state index is 13.8. The quantitative estimate of drug-likeness (QED) is 0.137. The number of aliphatic imine (C=N–C) groups is 1. The average Bonchev–Trinajstić information content (AvgIpc) is 3.78. The van der Waals surface area contributed by atoms with Gasteiger partial charge in [0.15, 0.2) is 16.7 Å². The minimum atomic E-state index is -1.15. The smallest absolute Gasteiger partial charge is 0.371 e. The summed E-state index contributed by atoms with van der Waals surface area (Å²) < 4.78 is 22.3. The van der Waals surface area contributed by atoms with E-state index in [2.05, 4.69) is 11.1 Å². The fourth-order valence-corrected chi connectivity index (χ4v) is 6.02. The lowest BCUT2D eigenvalue weighted by atomic mass is 10.1. The molecule has 6 rings (SSSR count). The van der Waals surface area contributed by atoms with E-state index in [0.29, 0.717) is 52.6 Å². The summed E-state index contributed by atoms with van der Waals surface area (Å²) in [6.45, 7) is 2.74. The number of aromatic nitrogens is 1. The number of aromatic carboxylic acids is 1. The van der Waals surface area contributed by atoms with Gasteiger partial charge in [0.2, 0.25) is 5.76 Å². The van der Waals surface area contributed by atoms with E-state index in [1.807, 2.05) is 67.7 Å². The number of fused-ring (bicyclic) bond motifs is 1. The zero-order chi connectivity index (χ0) is 32.0. The molecule has 3 heterocycles. The van der Waals surface area contributed by atoms with E-state index in [1.54, 1.807) is 30.2 Å². The number of H-pyrrole nitrogens is 1. The summed E-state index contributed by atoms with van der Waals surface area (Å²) in [6, 6.07) is 23.8. The first-order chi connectivity index (χ1) is 22.4. The van der Waals surface area contributed by atoms with Crippen LogP contribution in [0.2, 0.25) is 0 Å². The molecule has 2 N–H and O–H groups in total. The Hall–Kier alpha value is -5.42. The molecular weight excluding hydrogens is 606 g/mol. The number of thioether (sulfide) groups is 1. The second-order valence-corrected chi connectivity index (χ2v) is 11.3. The van der Waals surface area contributed by atoms with Crippen molar-refractivity contribution in [1.29, 1.82) is 0 Å². The number of rotatable bonds is 12. The highest BCUT2D eigenvalue weighted by molar-refractivity contribution is 8.18. The van der Waals surface area contributed by atoms with Gasteiger partial charge in [0.25, 0.3) is 5.91 Å². The first-order valence-electron chi connectivity index (χ1n) is 14.6. The number of methoxy groups -OCH3 is 1. The lowest BCUT2D eigenvalue weighted by Crippen LogP contribution is -2.31. The number of carboxylic acid groups (broad SMARTS) is 1. The van der Waals surface area contributed by atoms with Crippen LogP contribution in [0.25, 0.3) is 17.0 Å². The van der Waals surface area contributed by atoms with Crippen molar-refractivity contribution in [3.8, 4) is 17.2 Å². The molecule has 0 bridgehead atoms. The van der Waals surface area contributed by atoms with Gasteiger partial charge in [0.1, 0.15) is 18.1 Å². The number of amides is 1. The van der Waals surface area contributed by atoms with Gasteiger partial charge in [-0.1, -0.05) is 24.3 Å². The Bertz CT molecular complexity index is 1940. The Labute approximate surface area is 269 Å². The molecule has 0 atom stereocenters. The van der Waals surface area contributed by atoms with E-state index in [1.165, 1.54) is 17.8 Å². The molecule has 11 heteroatoms. The van der Waals surface area contributed by atoms with E-state index >= 15 is 0 Å². The molecule has 0 aliphatic carbocycles. The van der Waals surface area contributed by atoms with Crippen molar-refractivity contribution >= 4 is 51.5 Å². The first kappa shape index (κ1) is 30.6. The molecule has 1 aliphatic rings. The fourth-order valence-electron chi connectivity index (χ4n) is 5.00. The third-order valence-electron chi connectivity index (χ3n) is 7.27. The van der Waals surface area contributed by atoms with Crippen LogP contribution in [0.1, 0.15) is 34.4 Å². The molecule has 1 amide bonds. The minimum Gasteiger partial charge on any atom is -0.497 e. The average molecular weight is 638 g/mol. The van der Waals surface area contributed by atoms with Crippen LogP contribution < -0.4 is 14.2 Å². The van der Waals surface area contributed by atoms with Gasteiger partial charge in [0.05, 0.1) is 24.3 Å². The highest BCUT2D eigenvalue weighted by Crippen LogP contribution is 2.37. The topological polar surface area (TPSA) is 127 Å². The second kappa shape index (κ2) is 13.7. The van der Waals surface area contributed by atoms with Crippen LogP contribution >= 0.6 is 11.8 Å². The molecule has 1 fully saturated rings. The highest BCUT2D eigenvalue weighted by Gasteiger charge is 2.33. The maximum absolute atomic E-state index is 13.8. The molecule has 3 aromatic carbocycles. The van der Waals surface area contributed by atoms with Crippen molar-refractivity contribution in [2.75, 3.05) is 20.3 Å². The number of hydrogen-bond donors (Lipinski definition) is 2. The largest absolute Gasteiger partial charge is 0.497 e. The Morgan fingerprint density at radius 2 is 1.87 bits per heavy atom. The summed E-state index contributed by atoms with van der Waals surface area (Å²) >= 11 is 1.32. The number of benzene rings is 3. The molecule has 1 saturated heterocycles. The molecular formula is C35H31N3O7S. The molecule has 0 spiro atoms. The standard InChI is InChI=1S/C35H31N3O7S/c1-3-43-31-18-22(8-14-29(31)44-21-26-13-15-30(45-26)34(40)41)19-32-33(39)38(17-16-23-20-36-28-7-5-4-6-27(23)28)35(46-32)37-24-9-11-25(42-2)12-10-24/h4-15,18-20,36H,3,16-17,21H2,1-2H3,(H,40,41). The summed E-state index contributed by atoms with van der Waals surface area (Å²) in [6.07, 6.45) is 4.46. The number of aromatic amines is 1. The number of furan rings is 1. The third kappa shape index (κ3) is 6.79. The van der Waals surface area contributed by atoms with Crippen LogP contribution in [0.5, 0.6) is 17.2 Å². The number of nitrogens with one attached hydrogen (secondary N) is 1. The van der Waals surface area contributed by atoms with E-state index < -0.39 is 5.97 Å². The summed E-state index contributed by atoms with van der Waals surface area (Å²) in [5.74, 6) is 0.604. The van der Waals surface area contributed by atoms with Crippen molar-refractivity contribution < 1.29 is 33.3 Å². The number of ether oxygens (including phenoxy) is 3. The monoisotopic (exact) mass is 637 g/mol. The van der Waals surface area contributed by atoms with Gasteiger partial charge < -0.3 is 28.7 Å². The second-order valence-electron chi connectivity index (χ2n) is 10.3. The molecule has 1 aliphatic heterocycles. The van der Waals surface area contributed by atoms with Gasteiger partial charge in [-0.25, -0.2) is 9.79 Å². The van der Waals surface area contributed by atoms with E-state index in [4.69, 9.17) is 28.7 Å². The predicted molar refractivity (Wildman–Crippen MR) is 177 cm³/mol. The van der Waals surface area contributed by atoms with Crippen LogP contribution in [-0.4, -0.2) is 52.3 Å². The van der Waals surface area contributed by atoms with Gasteiger partial charge in [-0.15, -0.1) is 0 Å². The number of nitrogens with zero attached hydrogens (tertiary/aromatic N) is 2. The van der Waals surface area contributed by atoms with Gasteiger partial charge in [-0.2, -0.15) is 0 Å². The van der Waals surface area contributed by atoms with Crippen LogP contribution in [0.4, 0.5) is 5.69 Å². The Morgan fingerprint density at radius 3 is 2.63 bits per heavy atom. The Morgan fingerprint density at radius 1 is 1.04 bits per heavy atom. The van der Waals surface area contributed by atoms with Crippen molar-refractivity contribution in [1.82, 2.24) is 9.88 Å². The first-order valence-corrected chi connectivity index (χ1v) is 15.4. The zero-order valence-corrected chi connectivity index (χ0v) is 26.0. The van der Waals surface area contributed by atoms with Crippen molar-refractivity contribution in [3.05, 3.63) is 113 Å². The number of amidine groups is 1. The summed E-state index contributed by atoms with van der Waals surface area (Å²) in [4.78, 5) is 35.4.